The Morgan fingerprint density at radius 2 is 0.711 bits per heavy atom. The molecule has 1 aromatic heterocycles. The van der Waals surface area contributed by atoms with E-state index in [9.17, 15) is 0 Å². The molecule has 0 amide bonds. The van der Waals surface area contributed by atoms with Crippen LogP contribution in [0.15, 0.2) is 48.8 Å². The van der Waals surface area contributed by atoms with Crippen LogP contribution in [0.4, 0.5) is 0 Å². The summed E-state index contributed by atoms with van der Waals surface area (Å²) in [6.45, 7) is 18.7. The van der Waals surface area contributed by atoms with Crippen LogP contribution in [-0.4, -0.2) is 9.13 Å². The van der Waals surface area contributed by atoms with Crippen molar-refractivity contribution in [1.29, 1.82) is 0 Å². The van der Waals surface area contributed by atoms with Crippen LogP contribution in [0.2, 0.25) is 0 Å². The Morgan fingerprint density at radius 1 is 0.474 bits per heavy atom. The van der Waals surface area contributed by atoms with Gasteiger partial charge in [0, 0.05) is 0 Å². The minimum absolute atomic E-state index is 0.559. The van der Waals surface area contributed by atoms with Gasteiger partial charge in [0.25, 0.3) is 0 Å². The van der Waals surface area contributed by atoms with Gasteiger partial charge in [0.1, 0.15) is 0 Å². The molecule has 0 spiro atoms. The van der Waals surface area contributed by atoms with Crippen LogP contribution < -0.4 is 0 Å². The molecular weight excluding hydrogens is 555 g/mol. The van der Waals surface area contributed by atoms with Gasteiger partial charge in [-0.25, -0.2) is 0 Å². The Kier molecular flexibility index (Phi) is 11.9. The molecule has 0 aliphatic heterocycles. The summed E-state index contributed by atoms with van der Waals surface area (Å²) in [5, 5.41) is 0. The van der Waals surface area contributed by atoms with Gasteiger partial charge in [0.2, 0.25) is 0 Å². The maximum atomic E-state index is 3.79. The molecule has 0 unspecified atom stereocenters. The Hall–Kier alpha value is -1.69. The third-order valence-corrected chi connectivity index (χ3v) is 9.86. The van der Waals surface area contributed by atoms with Crippen molar-refractivity contribution in [1.82, 2.24) is 9.13 Å². The fourth-order valence-corrected chi connectivity index (χ4v) is 7.21. The molecule has 1 heterocycles. The Morgan fingerprint density at radius 3 is 0.921 bits per heavy atom. The van der Waals surface area contributed by atoms with E-state index in [0.717, 1.165) is 55.3 Å². The minimum atomic E-state index is 0.559. The van der Waals surface area contributed by atoms with Crippen molar-refractivity contribution in [2.45, 2.75) is 130 Å². The average Bonchev–Trinajstić information content (AvgIpc) is 3.32. The molecule has 0 bridgehead atoms. The molecule has 212 valence electrons. The Bertz CT molecular complexity index is 1050. The normalized spacial score (nSPS) is 12.1. The standard InChI is InChI=1S/C35H52N2.Pd/c1-9-26(10-2)30-19-17-20-31(27(11-3)12-4)34(30)36-23-24-37(25-36)35-32(28(13-5)14-6)21-18-22-33(35)29(15-7)16-8;/h17-24,26-29H,9-16H2,1-8H3;. The monoisotopic (exact) mass is 606 g/mol. The second-order valence-electron chi connectivity index (χ2n) is 10.9. The zero-order valence-corrected chi connectivity index (χ0v) is 26.9. The fourth-order valence-electron chi connectivity index (χ4n) is 6.63. The summed E-state index contributed by atoms with van der Waals surface area (Å²) in [5.41, 5.74) is 8.76. The van der Waals surface area contributed by atoms with Gasteiger partial charge in [-0.15, -0.1) is 0 Å². The number of aromatic nitrogens is 2. The zero-order chi connectivity index (χ0) is 27.8. The summed E-state index contributed by atoms with van der Waals surface area (Å²) in [6.07, 6.45) is 13.9. The predicted molar refractivity (Wildman–Crippen MR) is 162 cm³/mol. The fraction of sp³-hybridized carbons (Fsp3) is 0.571. The molecule has 38 heavy (non-hydrogen) atoms. The predicted octanol–water partition coefficient (Wildman–Crippen LogP) is 11.0. The molecule has 0 aliphatic rings. The van der Waals surface area contributed by atoms with Crippen LogP contribution in [0.3, 0.4) is 0 Å². The van der Waals surface area contributed by atoms with E-state index in [0.29, 0.717) is 23.7 Å². The molecule has 3 heteroatoms. The van der Waals surface area contributed by atoms with E-state index in [1.807, 2.05) is 0 Å². The van der Waals surface area contributed by atoms with E-state index >= 15 is 0 Å². The first-order chi connectivity index (χ1) is 18.4. The third-order valence-electron chi connectivity index (χ3n) is 9.11. The van der Waals surface area contributed by atoms with Gasteiger partial charge in [-0.3, -0.25) is 0 Å². The molecular formula is C35H52N2Pd. The molecule has 0 radical (unpaired) electrons. The van der Waals surface area contributed by atoms with E-state index in [1.165, 1.54) is 33.6 Å². The average molecular weight is 607 g/mol. The van der Waals surface area contributed by atoms with Crippen molar-refractivity contribution in [3.05, 3.63) is 74.9 Å². The number of para-hydroxylation sites is 2. The summed E-state index contributed by atoms with van der Waals surface area (Å²) in [5.74, 6) is 2.24. The van der Waals surface area contributed by atoms with Crippen molar-refractivity contribution in [2.75, 3.05) is 0 Å². The van der Waals surface area contributed by atoms with Gasteiger partial charge in [0.15, 0.2) is 0 Å². The topological polar surface area (TPSA) is 9.86 Å². The number of hydrogen-bond donors (Lipinski definition) is 0. The Labute approximate surface area is 243 Å². The van der Waals surface area contributed by atoms with Crippen molar-refractivity contribution >= 4 is 0 Å². The van der Waals surface area contributed by atoms with Crippen molar-refractivity contribution in [2.24, 2.45) is 0 Å². The van der Waals surface area contributed by atoms with Crippen LogP contribution in [0.25, 0.3) is 11.4 Å². The second kappa shape index (κ2) is 14.6. The van der Waals surface area contributed by atoms with Crippen LogP contribution >= 0.6 is 0 Å². The van der Waals surface area contributed by atoms with Crippen LogP contribution in [0.5, 0.6) is 0 Å². The molecule has 2 nitrogen and oxygen atoms in total. The first-order valence-corrected chi connectivity index (χ1v) is 16.2. The summed E-state index contributed by atoms with van der Waals surface area (Å²) in [6, 6.07) is 14.1. The molecule has 3 rings (SSSR count). The van der Waals surface area contributed by atoms with E-state index in [1.54, 1.807) is 0 Å². The van der Waals surface area contributed by atoms with Crippen molar-refractivity contribution < 1.29 is 18.7 Å². The SMILES string of the molecule is CCC(CC)c1cccc(C(CC)CC)c1-n1ccn(-c2c(C(CC)CC)cccc2C(CC)CC)[c]1=[Pd]. The quantitative estimate of drug-likeness (QED) is 0.162. The number of benzene rings is 2. The summed E-state index contributed by atoms with van der Waals surface area (Å²) < 4.78 is 6.08. The van der Waals surface area contributed by atoms with Gasteiger partial charge in [-0.05, 0) is 0 Å². The molecule has 0 saturated heterocycles. The second-order valence-corrected chi connectivity index (χ2v) is 11.6. The molecule has 2 aromatic carbocycles. The van der Waals surface area contributed by atoms with Crippen molar-refractivity contribution in [3.63, 3.8) is 0 Å². The van der Waals surface area contributed by atoms with Gasteiger partial charge < -0.3 is 0 Å². The zero-order valence-electron chi connectivity index (χ0n) is 25.3. The maximum absolute atomic E-state index is 3.79. The summed E-state index contributed by atoms with van der Waals surface area (Å²) >= 11 is 3.79. The van der Waals surface area contributed by atoms with E-state index in [4.69, 9.17) is 0 Å². The van der Waals surface area contributed by atoms with Crippen LogP contribution in [-0.2, 0) is 18.7 Å². The van der Waals surface area contributed by atoms with Gasteiger partial charge in [-0.2, -0.15) is 0 Å². The number of rotatable bonds is 14. The molecule has 0 aliphatic carbocycles. The van der Waals surface area contributed by atoms with Crippen LogP contribution in [0.1, 0.15) is 153 Å². The number of nitrogens with zero attached hydrogens (tertiary/aromatic N) is 2. The summed E-state index contributed by atoms with van der Waals surface area (Å²) in [7, 11) is 0. The van der Waals surface area contributed by atoms with Gasteiger partial charge >= 0.3 is 245 Å². The number of hydrogen-bond acceptors (Lipinski definition) is 0. The van der Waals surface area contributed by atoms with Crippen molar-refractivity contribution in [3.8, 4) is 11.4 Å². The molecule has 0 saturated carbocycles. The van der Waals surface area contributed by atoms with Crippen LogP contribution in [0, 0.1) is 3.89 Å². The molecule has 0 atom stereocenters. The first kappa shape index (κ1) is 30.8. The molecule has 3 aromatic rings. The van der Waals surface area contributed by atoms with E-state index in [-0.39, 0.29) is 0 Å². The molecule has 0 N–H and O–H groups in total. The Balaban J connectivity index is 2.38. The van der Waals surface area contributed by atoms with Gasteiger partial charge in [-0.1, -0.05) is 0 Å². The summed E-state index contributed by atoms with van der Waals surface area (Å²) in [4.78, 5) is 0. The van der Waals surface area contributed by atoms with E-state index in [2.05, 4.69) is 132 Å². The number of imidazole rings is 1. The molecule has 0 fully saturated rings. The third kappa shape index (κ3) is 6.05. The first-order valence-electron chi connectivity index (χ1n) is 15.5. The van der Waals surface area contributed by atoms with Gasteiger partial charge in [0.05, 0.1) is 0 Å². The van der Waals surface area contributed by atoms with E-state index < -0.39 is 0 Å².